The van der Waals surface area contributed by atoms with E-state index >= 15 is 0 Å². The predicted molar refractivity (Wildman–Crippen MR) is 96.4 cm³/mol. The molecule has 0 saturated carbocycles. The Balaban J connectivity index is 1.82. The van der Waals surface area contributed by atoms with Gasteiger partial charge in [0.25, 0.3) is 0 Å². The number of hydrogen-bond acceptors (Lipinski definition) is 1. The fourth-order valence-corrected chi connectivity index (χ4v) is 2.54. The number of rotatable bonds is 4. The Morgan fingerprint density at radius 3 is 2.09 bits per heavy atom. The van der Waals surface area contributed by atoms with Gasteiger partial charge in [-0.15, -0.1) is 0 Å². The highest BCUT2D eigenvalue weighted by molar-refractivity contribution is 6.06. The van der Waals surface area contributed by atoms with Crippen molar-refractivity contribution in [2.75, 3.05) is 0 Å². The molecule has 0 N–H and O–H groups in total. The first-order valence-electron chi connectivity index (χ1n) is 7.67. The van der Waals surface area contributed by atoms with Crippen LogP contribution in [-0.4, -0.2) is 5.78 Å². The minimum absolute atomic E-state index is 0.0251. The van der Waals surface area contributed by atoms with E-state index in [0.717, 1.165) is 11.1 Å². The van der Waals surface area contributed by atoms with E-state index in [1.807, 2.05) is 54.6 Å². The Kier molecular flexibility index (Phi) is 4.49. The Morgan fingerprint density at radius 2 is 1.43 bits per heavy atom. The van der Waals surface area contributed by atoms with Crippen LogP contribution >= 0.6 is 0 Å². The molecule has 0 radical (unpaired) electrons. The molecule has 0 saturated heterocycles. The minimum Gasteiger partial charge on any atom is -0.289 e. The monoisotopic (exact) mass is 298 g/mol. The molecule has 3 rings (SSSR count). The molecule has 0 bridgehead atoms. The topological polar surface area (TPSA) is 17.1 Å². The molecule has 0 atom stereocenters. The largest absolute Gasteiger partial charge is 0.289 e. The van der Waals surface area contributed by atoms with Gasteiger partial charge in [-0.1, -0.05) is 84.9 Å². The van der Waals surface area contributed by atoms with Crippen LogP contribution in [0.4, 0.5) is 0 Å². The van der Waals surface area contributed by atoms with Crippen molar-refractivity contribution in [3.05, 3.63) is 102 Å². The Hall–Kier alpha value is -2.93. The van der Waals surface area contributed by atoms with Gasteiger partial charge < -0.3 is 0 Å². The molecule has 0 aliphatic carbocycles. The molecule has 3 aromatic carbocycles. The third-order valence-corrected chi connectivity index (χ3v) is 3.85. The van der Waals surface area contributed by atoms with E-state index in [-0.39, 0.29) is 5.78 Å². The van der Waals surface area contributed by atoms with E-state index < -0.39 is 0 Å². The molecule has 0 aromatic heterocycles. The minimum atomic E-state index is 0.0251. The summed E-state index contributed by atoms with van der Waals surface area (Å²) in [4.78, 5) is 12.1. The van der Waals surface area contributed by atoms with Gasteiger partial charge in [-0.2, -0.15) is 0 Å². The number of allylic oxidation sites excluding steroid dienone is 1. The van der Waals surface area contributed by atoms with Crippen molar-refractivity contribution in [3.63, 3.8) is 0 Å². The molecule has 3 aromatic rings. The lowest BCUT2D eigenvalue weighted by atomic mass is 9.99. The van der Waals surface area contributed by atoms with Crippen molar-refractivity contribution < 1.29 is 4.79 Å². The summed E-state index contributed by atoms with van der Waals surface area (Å²) in [6.45, 7) is 2.07. The van der Waals surface area contributed by atoms with Crippen LogP contribution in [0.3, 0.4) is 0 Å². The lowest BCUT2D eigenvalue weighted by Crippen LogP contribution is -1.93. The standard InChI is InChI=1S/C22H18O/c1-17-16-21(19-8-4-2-5-9-19)13-12-18(17)14-15-22(23)20-10-6-3-7-11-20/h2-16H,1H3. The Bertz CT molecular complexity index is 830. The average Bonchev–Trinajstić information content (AvgIpc) is 2.62. The molecule has 1 nitrogen and oxygen atoms in total. The second-order valence-corrected chi connectivity index (χ2v) is 5.50. The van der Waals surface area contributed by atoms with Crippen LogP contribution in [0.25, 0.3) is 17.2 Å². The fourth-order valence-electron chi connectivity index (χ4n) is 2.54. The van der Waals surface area contributed by atoms with Crippen molar-refractivity contribution in [2.24, 2.45) is 0 Å². The molecular weight excluding hydrogens is 280 g/mol. The van der Waals surface area contributed by atoms with Gasteiger partial charge >= 0.3 is 0 Å². The van der Waals surface area contributed by atoms with Crippen molar-refractivity contribution in [1.29, 1.82) is 0 Å². The number of carbonyl (C=O) groups is 1. The normalized spacial score (nSPS) is 10.8. The Labute approximate surface area is 136 Å². The summed E-state index contributed by atoms with van der Waals surface area (Å²) in [7, 11) is 0. The van der Waals surface area contributed by atoms with E-state index in [2.05, 4.69) is 37.3 Å². The summed E-state index contributed by atoms with van der Waals surface area (Å²) in [6.07, 6.45) is 3.53. The first-order chi connectivity index (χ1) is 11.2. The highest BCUT2D eigenvalue weighted by Gasteiger charge is 2.02. The van der Waals surface area contributed by atoms with Gasteiger partial charge in [0.1, 0.15) is 0 Å². The molecular formula is C22H18O. The van der Waals surface area contributed by atoms with Crippen LogP contribution in [0.15, 0.2) is 84.9 Å². The van der Waals surface area contributed by atoms with E-state index in [9.17, 15) is 4.79 Å². The van der Waals surface area contributed by atoms with E-state index in [1.54, 1.807) is 6.08 Å². The number of carbonyl (C=O) groups excluding carboxylic acids is 1. The third kappa shape index (κ3) is 3.64. The first kappa shape index (κ1) is 15.0. The lowest BCUT2D eigenvalue weighted by Gasteiger charge is -2.06. The van der Waals surface area contributed by atoms with Crippen LogP contribution in [0.5, 0.6) is 0 Å². The van der Waals surface area contributed by atoms with Gasteiger partial charge in [0.15, 0.2) is 5.78 Å². The van der Waals surface area contributed by atoms with E-state index in [0.29, 0.717) is 5.56 Å². The molecule has 0 amide bonds. The van der Waals surface area contributed by atoms with Gasteiger partial charge in [-0.25, -0.2) is 0 Å². The highest BCUT2D eigenvalue weighted by atomic mass is 16.1. The van der Waals surface area contributed by atoms with E-state index in [4.69, 9.17) is 0 Å². The van der Waals surface area contributed by atoms with Crippen LogP contribution < -0.4 is 0 Å². The maximum absolute atomic E-state index is 12.1. The lowest BCUT2D eigenvalue weighted by molar-refractivity contribution is 0.104. The van der Waals surface area contributed by atoms with Crippen molar-refractivity contribution in [1.82, 2.24) is 0 Å². The van der Waals surface area contributed by atoms with Crippen molar-refractivity contribution in [3.8, 4) is 11.1 Å². The highest BCUT2D eigenvalue weighted by Crippen LogP contribution is 2.22. The summed E-state index contributed by atoms with van der Waals surface area (Å²) in [5, 5.41) is 0. The predicted octanol–water partition coefficient (Wildman–Crippen LogP) is 5.56. The smallest absolute Gasteiger partial charge is 0.185 e. The third-order valence-electron chi connectivity index (χ3n) is 3.85. The molecule has 112 valence electrons. The molecule has 0 heterocycles. The van der Waals surface area contributed by atoms with Gasteiger partial charge in [0.05, 0.1) is 0 Å². The number of ketones is 1. The number of benzene rings is 3. The second kappa shape index (κ2) is 6.89. The van der Waals surface area contributed by atoms with Gasteiger partial charge in [0.2, 0.25) is 0 Å². The van der Waals surface area contributed by atoms with Crippen LogP contribution in [0.2, 0.25) is 0 Å². The maximum Gasteiger partial charge on any atom is 0.185 e. The summed E-state index contributed by atoms with van der Waals surface area (Å²) in [5.74, 6) is 0.0251. The Morgan fingerprint density at radius 1 is 0.783 bits per heavy atom. The average molecular weight is 298 g/mol. The molecule has 0 fully saturated rings. The van der Waals surface area contributed by atoms with Crippen LogP contribution in [-0.2, 0) is 0 Å². The van der Waals surface area contributed by atoms with E-state index in [1.165, 1.54) is 11.1 Å². The number of hydrogen-bond donors (Lipinski definition) is 0. The van der Waals surface area contributed by atoms with Gasteiger partial charge in [-0.3, -0.25) is 4.79 Å². The SMILES string of the molecule is Cc1cc(-c2ccccc2)ccc1C=CC(=O)c1ccccc1. The zero-order chi connectivity index (χ0) is 16.1. The maximum atomic E-state index is 12.1. The summed E-state index contributed by atoms with van der Waals surface area (Å²) in [6, 6.07) is 25.9. The molecule has 23 heavy (non-hydrogen) atoms. The zero-order valence-corrected chi connectivity index (χ0v) is 13.1. The molecule has 0 aliphatic heterocycles. The molecule has 0 unspecified atom stereocenters. The van der Waals surface area contributed by atoms with Crippen LogP contribution in [0.1, 0.15) is 21.5 Å². The van der Waals surface area contributed by atoms with Gasteiger partial charge in [0, 0.05) is 5.56 Å². The molecule has 0 spiro atoms. The summed E-state index contributed by atoms with van der Waals surface area (Å²) >= 11 is 0. The quantitative estimate of drug-likeness (QED) is 0.455. The summed E-state index contributed by atoms with van der Waals surface area (Å²) < 4.78 is 0. The first-order valence-corrected chi connectivity index (χ1v) is 7.67. The van der Waals surface area contributed by atoms with Crippen molar-refractivity contribution >= 4 is 11.9 Å². The summed E-state index contributed by atoms with van der Waals surface area (Å²) in [5.41, 5.74) is 5.32. The molecule has 1 heteroatoms. The van der Waals surface area contributed by atoms with Crippen LogP contribution in [0, 0.1) is 6.92 Å². The fraction of sp³-hybridized carbons (Fsp3) is 0.0455. The zero-order valence-electron chi connectivity index (χ0n) is 13.1. The molecule has 0 aliphatic rings. The van der Waals surface area contributed by atoms with Gasteiger partial charge in [-0.05, 0) is 35.3 Å². The van der Waals surface area contributed by atoms with Crippen molar-refractivity contribution in [2.45, 2.75) is 6.92 Å². The second-order valence-electron chi connectivity index (χ2n) is 5.50. The number of aryl methyl sites for hydroxylation is 1.